The van der Waals surface area contributed by atoms with Crippen LogP contribution in [0.3, 0.4) is 0 Å². The van der Waals surface area contributed by atoms with Gasteiger partial charge in [-0.05, 0) is 36.6 Å². The average Bonchev–Trinajstić information content (AvgIpc) is 2.51. The molecule has 22 heavy (non-hydrogen) atoms. The number of anilines is 2. The van der Waals surface area contributed by atoms with E-state index >= 15 is 0 Å². The molecule has 2 aromatic rings. The first-order chi connectivity index (χ1) is 10.6. The van der Waals surface area contributed by atoms with Crippen molar-refractivity contribution in [3.8, 4) is 0 Å². The number of carbonyl (C=O) groups excluding carboxylic acids is 1. The molecule has 0 aliphatic carbocycles. The van der Waals surface area contributed by atoms with E-state index in [-0.39, 0.29) is 5.91 Å². The summed E-state index contributed by atoms with van der Waals surface area (Å²) < 4.78 is 5.56. The summed E-state index contributed by atoms with van der Waals surface area (Å²) in [6.07, 6.45) is 1.13. The Morgan fingerprint density at radius 3 is 2.73 bits per heavy atom. The highest BCUT2D eigenvalue weighted by Gasteiger charge is 2.05. The number of hydrogen-bond donors (Lipinski definition) is 2. The van der Waals surface area contributed by atoms with Gasteiger partial charge in [-0.25, -0.2) is 0 Å². The summed E-state index contributed by atoms with van der Waals surface area (Å²) in [5.41, 5.74) is 9.29. The van der Waals surface area contributed by atoms with Crippen LogP contribution in [0.15, 0.2) is 48.5 Å². The molecule has 3 N–H and O–H groups in total. The van der Waals surface area contributed by atoms with Gasteiger partial charge in [-0.1, -0.05) is 36.4 Å². The van der Waals surface area contributed by atoms with E-state index in [0.717, 1.165) is 16.8 Å². The predicted molar refractivity (Wildman–Crippen MR) is 89.6 cm³/mol. The van der Waals surface area contributed by atoms with E-state index in [1.54, 1.807) is 6.07 Å². The predicted octanol–water partition coefficient (Wildman–Crippen LogP) is 3.51. The minimum absolute atomic E-state index is 0.0167. The van der Waals surface area contributed by atoms with Gasteiger partial charge in [0.05, 0.1) is 6.61 Å². The molecule has 116 valence electrons. The maximum atomic E-state index is 11.9. The molecule has 0 aliphatic heterocycles. The molecule has 2 aromatic carbocycles. The van der Waals surface area contributed by atoms with E-state index in [0.29, 0.717) is 31.7 Å². The maximum absolute atomic E-state index is 11.9. The molecule has 0 spiro atoms. The number of nitrogens with two attached hydrogens (primary N) is 1. The summed E-state index contributed by atoms with van der Waals surface area (Å²) in [5.74, 6) is -0.0167. The summed E-state index contributed by atoms with van der Waals surface area (Å²) in [7, 11) is 0. The van der Waals surface area contributed by atoms with Crippen molar-refractivity contribution in [1.29, 1.82) is 0 Å². The van der Waals surface area contributed by atoms with Crippen LogP contribution in [0.2, 0.25) is 0 Å². The largest absolute Gasteiger partial charge is 0.399 e. The Labute approximate surface area is 131 Å². The molecule has 0 unspecified atom stereocenters. The first kappa shape index (κ1) is 16.0. The van der Waals surface area contributed by atoms with Crippen LogP contribution in [0, 0.1) is 6.92 Å². The van der Waals surface area contributed by atoms with E-state index < -0.39 is 0 Å². The van der Waals surface area contributed by atoms with Crippen LogP contribution >= 0.6 is 0 Å². The van der Waals surface area contributed by atoms with Gasteiger partial charge >= 0.3 is 0 Å². The molecule has 0 bridgehead atoms. The van der Waals surface area contributed by atoms with Crippen molar-refractivity contribution < 1.29 is 9.53 Å². The first-order valence-electron chi connectivity index (χ1n) is 7.43. The number of aryl methyl sites for hydroxylation is 1. The zero-order valence-electron chi connectivity index (χ0n) is 12.8. The van der Waals surface area contributed by atoms with Crippen LogP contribution in [0.1, 0.15) is 24.0 Å². The van der Waals surface area contributed by atoms with Crippen molar-refractivity contribution >= 4 is 17.3 Å². The van der Waals surface area contributed by atoms with E-state index in [9.17, 15) is 4.79 Å². The lowest BCUT2D eigenvalue weighted by atomic mass is 10.1. The van der Waals surface area contributed by atoms with E-state index in [2.05, 4.69) is 5.32 Å². The summed E-state index contributed by atoms with van der Waals surface area (Å²) in [6, 6.07) is 15.5. The lowest BCUT2D eigenvalue weighted by Crippen LogP contribution is -2.13. The number of rotatable bonds is 7. The normalized spacial score (nSPS) is 10.4. The molecule has 0 aliphatic rings. The van der Waals surface area contributed by atoms with Crippen LogP contribution in [-0.4, -0.2) is 12.5 Å². The molecular weight excluding hydrogens is 276 g/mol. The molecule has 2 rings (SSSR count). The number of hydrogen-bond acceptors (Lipinski definition) is 3. The maximum Gasteiger partial charge on any atom is 0.224 e. The van der Waals surface area contributed by atoms with E-state index in [4.69, 9.17) is 10.5 Å². The first-order valence-corrected chi connectivity index (χ1v) is 7.43. The smallest absolute Gasteiger partial charge is 0.224 e. The van der Waals surface area contributed by atoms with Gasteiger partial charge < -0.3 is 15.8 Å². The van der Waals surface area contributed by atoms with Gasteiger partial charge in [0, 0.05) is 24.4 Å². The molecular formula is C18H22N2O2. The molecule has 4 heteroatoms. The Kier molecular flexibility index (Phi) is 5.98. The number of benzene rings is 2. The van der Waals surface area contributed by atoms with Gasteiger partial charge in [0.1, 0.15) is 0 Å². The van der Waals surface area contributed by atoms with E-state index in [1.807, 2.05) is 49.4 Å². The van der Waals surface area contributed by atoms with Crippen molar-refractivity contribution in [1.82, 2.24) is 0 Å². The molecule has 0 saturated carbocycles. The van der Waals surface area contributed by atoms with Gasteiger partial charge in [-0.3, -0.25) is 4.79 Å². The molecule has 1 amide bonds. The third-order valence-electron chi connectivity index (χ3n) is 3.34. The van der Waals surface area contributed by atoms with Crippen molar-refractivity contribution in [2.24, 2.45) is 0 Å². The standard InChI is InChI=1S/C18H22N2O2/c1-14-9-10-16(19)12-17(14)20-18(21)8-5-11-22-13-15-6-3-2-4-7-15/h2-4,6-7,9-10,12H,5,8,11,13,19H2,1H3,(H,20,21). The van der Waals surface area contributed by atoms with Gasteiger partial charge in [-0.2, -0.15) is 0 Å². The van der Waals surface area contributed by atoms with Crippen LogP contribution in [-0.2, 0) is 16.1 Å². The Bertz CT molecular complexity index is 612. The fourth-order valence-electron chi connectivity index (χ4n) is 2.09. The van der Waals surface area contributed by atoms with Crippen molar-refractivity contribution in [3.05, 3.63) is 59.7 Å². The SMILES string of the molecule is Cc1ccc(N)cc1NC(=O)CCCOCc1ccccc1. The van der Waals surface area contributed by atoms with Crippen LogP contribution in [0.25, 0.3) is 0 Å². The minimum Gasteiger partial charge on any atom is -0.399 e. The lowest BCUT2D eigenvalue weighted by molar-refractivity contribution is -0.116. The van der Waals surface area contributed by atoms with E-state index in [1.165, 1.54) is 0 Å². The van der Waals surface area contributed by atoms with Gasteiger partial charge in [-0.15, -0.1) is 0 Å². The number of carbonyl (C=O) groups is 1. The van der Waals surface area contributed by atoms with Crippen molar-refractivity contribution in [2.75, 3.05) is 17.7 Å². The molecule has 0 saturated heterocycles. The molecule has 0 heterocycles. The fraction of sp³-hybridized carbons (Fsp3) is 0.278. The second kappa shape index (κ2) is 8.20. The van der Waals surface area contributed by atoms with Crippen molar-refractivity contribution in [2.45, 2.75) is 26.4 Å². The molecule has 0 aromatic heterocycles. The zero-order valence-corrected chi connectivity index (χ0v) is 12.8. The monoisotopic (exact) mass is 298 g/mol. The summed E-state index contributed by atoms with van der Waals surface area (Å²) in [5, 5.41) is 2.89. The molecule has 4 nitrogen and oxygen atoms in total. The van der Waals surface area contributed by atoms with Gasteiger partial charge in [0.15, 0.2) is 0 Å². The number of nitrogen functional groups attached to an aromatic ring is 1. The molecule has 0 atom stereocenters. The number of ether oxygens (including phenoxy) is 1. The Balaban J connectivity index is 1.66. The lowest BCUT2D eigenvalue weighted by Gasteiger charge is -2.09. The second-order valence-corrected chi connectivity index (χ2v) is 5.26. The van der Waals surface area contributed by atoms with Gasteiger partial charge in [0.25, 0.3) is 0 Å². The highest BCUT2D eigenvalue weighted by Crippen LogP contribution is 2.18. The number of amides is 1. The molecule has 0 radical (unpaired) electrons. The summed E-state index contributed by atoms with van der Waals surface area (Å²) >= 11 is 0. The Morgan fingerprint density at radius 2 is 1.95 bits per heavy atom. The highest BCUT2D eigenvalue weighted by molar-refractivity contribution is 5.91. The van der Waals surface area contributed by atoms with Crippen molar-refractivity contribution in [3.63, 3.8) is 0 Å². The van der Waals surface area contributed by atoms with Crippen LogP contribution in [0.4, 0.5) is 11.4 Å². The highest BCUT2D eigenvalue weighted by atomic mass is 16.5. The quantitative estimate of drug-likeness (QED) is 0.607. The topological polar surface area (TPSA) is 64.3 Å². The third kappa shape index (κ3) is 5.22. The average molecular weight is 298 g/mol. The Hall–Kier alpha value is -2.33. The van der Waals surface area contributed by atoms with Crippen LogP contribution in [0.5, 0.6) is 0 Å². The Morgan fingerprint density at radius 1 is 1.18 bits per heavy atom. The summed E-state index contributed by atoms with van der Waals surface area (Å²) in [6.45, 7) is 3.09. The third-order valence-corrected chi connectivity index (χ3v) is 3.34. The minimum atomic E-state index is -0.0167. The summed E-state index contributed by atoms with van der Waals surface area (Å²) in [4.78, 5) is 11.9. The number of nitrogens with one attached hydrogen (secondary N) is 1. The fourth-order valence-corrected chi connectivity index (χ4v) is 2.09. The van der Waals surface area contributed by atoms with Crippen LogP contribution < -0.4 is 11.1 Å². The zero-order chi connectivity index (χ0) is 15.8. The molecule has 0 fully saturated rings. The second-order valence-electron chi connectivity index (χ2n) is 5.26. The van der Waals surface area contributed by atoms with Gasteiger partial charge in [0.2, 0.25) is 5.91 Å².